The van der Waals surface area contributed by atoms with Gasteiger partial charge in [0.1, 0.15) is 0 Å². The van der Waals surface area contributed by atoms with Crippen molar-refractivity contribution in [3.8, 4) is 0 Å². The molecule has 3 N–H and O–H groups in total. The molecule has 2 atom stereocenters. The van der Waals surface area contributed by atoms with E-state index in [1.54, 1.807) is 7.11 Å². The summed E-state index contributed by atoms with van der Waals surface area (Å²) in [6.07, 6.45) is 4.02. The highest BCUT2D eigenvalue weighted by Gasteiger charge is 2.03. The number of nitrogens with one attached hydrogen (secondary N) is 2. The fraction of sp³-hybridized carbons (Fsp3) is 1.00. The summed E-state index contributed by atoms with van der Waals surface area (Å²) in [4.78, 5) is 0. The van der Waals surface area contributed by atoms with Gasteiger partial charge in [-0.05, 0) is 58.3 Å². The molecule has 0 aromatic rings. The van der Waals surface area contributed by atoms with Crippen molar-refractivity contribution in [3.63, 3.8) is 0 Å². The molecule has 0 bridgehead atoms. The predicted molar refractivity (Wildman–Crippen MR) is 72.3 cm³/mol. The van der Waals surface area contributed by atoms with Crippen molar-refractivity contribution in [2.45, 2.75) is 38.7 Å². The lowest BCUT2D eigenvalue weighted by Crippen LogP contribution is -2.24. The van der Waals surface area contributed by atoms with Crippen molar-refractivity contribution in [1.29, 1.82) is 0 Å². The topological polar surface area (TPSA) is 53.5 Å². The molecule has 0 aromatic carbocycles. The van der Waals surface area contributed by atoms with E-state index in [0.29, 0.717) is 6.61 Å². The maximum Gasteiger partial charge on any atom is 0.0774 e. The maximum absolute atomic E-state index is 9.44. The van der Waals surface area contributed by atoms with Crippen molar-refractivity contribution in [3.05, 3.63) is 0 Å². The number of aliphatic hydroxyl groups excluding tert-OH is 1. The van der Waals surface area contributed by atoms with E-state index in [4.69, 9.17) is 4.74 Å². The summed E-state index contributed by atoms with van der Waals surface area (Å²) in [6, 6.07) is 0. The predicted octanol–water partition coefficient (Wildman–Crippen LogP) is 0.999. The summed E-state index contributed by atoms with van der Waals surface area (Å²) in [5, 5.41) is 16.0. The second-order valence-corrected chi connectivity index (χ2v) is 4.81. The van der Waals surface area contributed by atoms with Crippen LogP contribution in [0, 0.1) is 5.92 Å². The molecule has 0 saturated carbocycles. The van der Waals surface area contributed by atoms with E-state index in [1.807, 2.05) is 7.05 Å². The Bertz CT molecular complexity index is 156. The van der Waals surface area contributed by atoms with Crippen molar-refractivity contribution in [2.75, 3.05) is 40.4 Å². The average molecular weight is 246 g/mol. The Morgan fingerprint density at radius 2 is 1.88 bits per heavy atom. The summed E-state index contributed by atoms with van der Waals surface area (Å²) in [5.74, 6) is 0.729. The second-order valence-electron chi connectivity index (χ2n) is 4.81. The Labute approximate surface area is 106 Å². The summed E-state index contributed by atoms with van der Waals surface area (Å²) in [5.41, 5.74) is 0. The highest BCUT2D eigenvalue weighted by Crippen LogP contribution is 2.03. The molecule has 0 saturated heterocycles. The Morgan fingerprint density at radius 3 is 2.53 bits per heavy atom. The van der Waals surface area contributed by atoms with Gasteiger partial charge in [0.25, 0.3) is 0 Å². The monoisotopic (exact) mass is 246 g/mol. The maximum atomic E-state index is 9.44. The minimum Gasteiger partial charge on any atom is -0.391 e. The number of aliphatic hydroxyl groups is 1. The fourth-order valence-electron chi connectivity index (χ4n) is 1.82. The van der Waals surface area contributed by atoms with Crippen LogP contribution in [0.4, 0.5) is 0 Å². The summed E-state index contributed by atoms with van der Waals surface area (Å²) >= 11 is 0. The molecule has 0 aromatic heterocycles. The summed E-state index contributed by atoms with van der Waals surface area (Å²) < 4.78 is 4.88. The van der Waals surface area contributed by atoms with Crippen LogP contribution in [0.2, 0.25) is 0 Å². The van der Waals surface area contributed by atoms with Crippen molar-refractivity contribution >= 4 is 0 Å². The Balaban J connectivity index is 3.21. The smallest absolute Gasteiger partial charge is 0.0774 e. The number of rotatable bonds is 12. The van der Waals surface area contributed by atoms with Gasteiger partial charge in [-0.25, -0.2) is 0 Å². The first-order valence-corrected chi connectivity index (χ1v) is 6.73. The summed E-state index contributed by atoms with van der Waals surface area (Å²) in [6.45, 7) is 5.89. The van der Waals surface area contributed by atoms with Crippen LogP contribution in [0.25, 0.3) is 0 Å². The lowest BCUT2D eigenvalue weighted by Gasteiger charge is -2.13. The first-order chi connectivity index (χ1) is 8.20. The van der Waals surface area contributed by atoms with Crippen LogP contribution in [0.1, 0.15) is 32.6 Å². The molecular weight excluding hydrogens is 216 g/mol. The van der Waals surface area contributed by atoms with Crippen molar-refractivity contribution < 1.29 is 9.84 Å². The molecule has 4 heteroatoms. The molecule has 0 heterocycles. The highest BCUT2D eigenvalue weighted by atomic mass is 16.5. The minimum absolute atomic E-state index is 0.310. The molecule has 17 heavy (non-hydrogen) atoms. The SMILES string of the molecule is CNCCCC(C)CNCCCC(O)COC. The third-order valence-electron chi connectivity index (χ3n) is 2.87. The molecule has 0 spiro atoms. The molecule has 4 nitrogen and oxygen atoms in total. The zero-order chi connectivity index (χ0) is 12.9. The fourth-order valence-corrected chi connectivity index (χ4v) is 1.82. The van der Waals surface area contributed by atoms with Gasteiger partial charge in [-0.15, -0.1) is 0 Å². The van der Waals surface area contributed by atoms with Gasteiger partial charge in [0, 0.05) is 7.11 Å². The molecule has 0 radical (unpaired) electrons. The van der Waals surface area contributed by atoms with Gasteiger partial charge < -0.3 is 20.5 Å². The van der Waals surface area contributed by atoms with Gasteiger partial charge in [0.05, 0.1) is 12.7 Å². The minimum atomic E-state index is -0.310. The van der Waals surface area contributed by atoms with Gasteiger partial charge in [-0.1, -0.05) is 6.92 Å². The largest absolute Gasteiger partial charge is 0.391 e. The van der Waals surface area contributed by atoms with Crippen LogP contribution in [-0.2, 0) is 4.74 Å². The van der Waals surface area contributed by atoms with Crippen LogP contribution in [0.15, 0.2) is 0 Å². The zero-order valence-corrected chi connectivity index (χ0v) is 11.7. The van der Waals surface area contributed by atoms with Gasteiger partial charge >= 0.3 is 0 Å². The number of hydrogen-bond donors (Lipinski definition) is 3. The summed E-state index contributed by atoms with van der Waals surface area (Å²) in [7, 11) is 3.61. The Hall–Kier alpha value is -0.160. The Kier molecular flexibility index (Phi) is 12.2. The highest BCUT2D eigenvalue weighted by molar-refractivity contribution is 4.60. The van der Waals surface area contributed by atoms with Crippen molar-refractivity contribution in [1.82, 2.24) is 10.6 Å². The van der Waals surface area contributed by atoms with Crippen LogP contribution in [-0.4, -0.2) is 51.6 Å². The van der Waals surface area contributed by atoms with Crippen LogP contribution >= 0.6 is 0 Å². The number of methoxy groups -OCH3 is 1. The van der Waals surface area contributed by atoms with E-state index in [-0.39, 0.29) is 6.10 Å². The van der Waals surface area contributed by atoms with E-state index >= 15 is 0 Å². The quantitative estimate of drug-likeness (QED) is 0.450. The molecule has 0 rings (SSSR count). The van der Waals surface area contributed by atoms with Gasteiger partial charge in [-0.3, -0.25) is 0 Å². The first kappa shape index (κ1) is 16.8. The van der Waals surface area contributed by atoms with E-state index in [1.165, 1.54) is 12.8 Å². The third-order valence-corrected chi connectivity index (χ3v) is 2.87. The normalized spacial score (nSPS) is 14.8. The second kappa shape index (κ2) is 12.3. The average Bonchev–Trinajstić information content (AvgIpc) is 2.29. The van der Waals surface area contributed by atoms with Gasteiger partial charge in [0.2, 0.25) is 0 Å². The Morgan fingerprint density at radius 1 is 1.18 bits per heavy atom. The zero-order valence-electron chi connectivity index (χ0n) is 11.7. The first-order valence-electron chi connectivity index (χ1n) is 6.73. The molecule has 0 aliphatic carbocycles. The van der Waals surface area contributed by atoms with Crippen LogP contribution in [0.3, 0.4) is 0 Å². The van der Waals surface area contributed by atoms with E-state index in [2.05, 4.69) is 17.6 Å². The van der Waals surface area contributed by atoms with Crippen molar-refractivity contribution in [2.24, 2.45) is 5.92 Å². The van der Waals surface area contributed by atoms with Crippen LogP contribution in [0.5, 0.6) is 0 Å². The number of hydrogen-bond acceptors (Lipinski definition) is 4. The molecular formula is C13H30N2O2. The van der Waals surface area contributed by atoms with Gasteiger partial charge in [-0.2, -0.15) is 0 Å². The molecule has 104 valence electrons. The molecule has 0 aliphatic rings. The van der Waals surface area contributed by atoms with E-state index in [0.717, 1.165) is 38.4 Å². The molecule has 2 unspecified atom stereocenters. The van der Waals surface area contributed by atoms with E-state index < -0.39 is 0 Å². The lowest BCUT2D eigenvalue weighted by molar-refractivity contribution is 0.0580. The van der Waals surface area contributed by atoms with E-state index in [9.17, 15) is 5.11 Å². The molecule has 0 amide bonds. The molecule has 0 aliphatic heterocycles. The van der Waals surface area contributed by atoms with Gasteiger partial charge in [0.15, 0.2) is 0 Å². The van der Waals surface area contributed by atoms with Crippen LogP contribution < -0.4 is 10.6 Å². The molecule has 0 fully saturated rings. The standard InChI is InChI=1S/C13H30N2O2/c1-12(6-4-8-14-2)10-15-9-5-7-13(16)11-17-3/h12-16H,4-11H2,1-3H3. The lowest BCUT2D eigenvalue weighted by atomic mass is 10.1. The third kappa shape index (κ3) is 12.1. The number of ether oxygens (including phenoxy) is 1.